The van der Waals surface area contributed by atoms with Gasteiger partial charge in [0, 0.05) is 37.0 Å². The summed E-state index contributed by atoms with van der Waals surface area (Å²) in [6, 6.07) is 16.3. The number of rotatable bonds is 7. The highest BCUT2D eigenvalue weighted by Gasteiger charge is 2.17. The molecule has 3 aromatic rings. The van der Waals surface area contributed by atoms with Gasteiger partial charge in [0.25, 0.3) is 5.91 Å². The molecule has 0 saturated heterocycles. The van der Waals surface area contributed by atoms with Crippen LogP contribution in [-0.4, -0.2) is 42.9 Å². The lowest BCUT2D eigenvalue weighted by Gasteiger charge is -2.11. The average molecular weight is 392 g/mol. The summed E-state index contributed by atoms with van der Waals surface area (Å²) in [6.07, 6.45) is 0. The number of methoxy groups -OCH3 is 1. The van der Waals surface area contributed by atoms with Crippen LogP contribution in [0.15, 0.2) is 54.6 Å². The molecule has 1 amide bonds. The minimum atomic E-state index is -0.349. The van der Waals surface area contributed by atoms with E-state index in [0.29, 0.717) is 42.0 Å². The summed E-state index contributed by atoms with van der Waals surface area (Å²) < 4.78 is 15.7. The number of ether oxygens (including phenoxy) is 3. The first kappa shape index (κ1) is 18.7. The maximum Gasteiger partial charge on any atom is 0.274 e. The number of anilines is 2. The second-order valence-corrected chi connectivity index (χ2v) is 6.27. The highest BCUT2D eigenvalue weighted by atomic mass is 16.7. The van der Waals surface area contributed by atoms with Crippen LogP contribution in [0.4, 0.5) is 11.5 Å². The molecule has 2 heterocycles. The van der Waals surface area contributed by atoms with E-state index in [1.807, 2.05) is 30.3 Å². The van der Waals surface area contributed by atoms with E-state index in [9.17, 15) is 4.79 Å². The lowest BCUT2D eigenvalue weighted by molar-refractivity contribution is 0.102. The van der Waals surface area contributed by atoms with Crippen LogP contribution in [-0.2, 0) is 4.74 Å². The lowest BCUT2D eigenvalue weighted by atomic mass is 10.2. The van der Waals surface area contributed by atoms with E-state index in [1.165, 1.54) is 0 Å². The van der Waals surface area contributed by atoms with Crippen LogP contribution in [0.5, 0.6) is 11.5 Å². The molecule has 4 rings (SSSR count). The van der Waals surface area contributed by atoms with E-state index in [-0.39, 0.29) is 18.4 Å². The van der Waals surface area contributed by atoms with Gasteiger partial charge in [-0.2, -0.15) is 0 Å². The Morgan fingerprint density at radius 3 is 2.72 bits per heavy atom. The molecule has 2 N–H and O–H groups in total. The van der Waals surface area contributed by atoms with Crippen molar-refractivity contribution >= 4 is 17.4 Å². The van der Waals surface area contributed by atoms with Crippen molar-refractivity contribution < 1.29 is 19.0 Å². The van der Waals surface area contributed by atoms with Gasteiger partial charge in [0.2, 0.25) is 6.79 Å². The fraction of sp³-hybridized carbons (Fsp3) is 0.190. The maximum absolute atomic E-state index is 12.9. The molecule has 0 aliphatic carbocycles. The summed E-state index contributed by atoms with van der Waals surface area (Å²) >= 11 is 0. The molecule has 0 fully saturated rings. The molecule has 8 heteroatoms. The topological polar surface area (TPSA) is 94.6 Å². The van der Waals surface area contributed by atoms with E-state index in [4.69, 9.17) is 14.2 Å². The summed E-state index contributed by atoms with van der Waals surface area (Å²) in [5, 5.41) is 6.00. The molecule has 148 valence electrons. The highest BCUT2D eigenvalue weighted by Crippen LogP contribution is 2.34. The zero-order chi connectivity index (χ0) is 20.1. The third kappa shape index (κ3) is 4.44. The molecule has 0 atom stereocenters. The monoisotopic (exact) mass is 392 g/mol. The van der Waals surface area contributed by atoms with Gasteiger partial charge >= 0.3 is 0 Å². The molecule has 0 unspecified atom stereocenters. The number of carbonyl (C=O) groups is 1. The molecule has 8 nitrogen and oxygen atoms in total. The SMILES string of the molecule is COCCNc1cc(C(=O)Nc2ccc3c(c2)OCO3)nc(-c2ccccc2)n1. The minimum Gasteiger partial charge on any atom is -0.454 e. The Morgan fingerprint density at radius 2 is 1.90 bits per heavy atom. The van der Waals surface area contributed by atoms with Crippen LogP contribution in [0.1, 0.15) is 10.5 Å². The number of carbonyl (C=O) groups excluding carboxylic acids is 1. The zero-order valence-corrected chi connectivity index (χ0v) is 15.8. The van der Waals surface area contributed by atoms with Gasteiger partial charge in [-0.15, -0.1) is 0 Å². The smallest absolute Gasteiger partial charge is 0.274 e. The van der Waals surface area contributed by atoms with Gasteiger partial charge in [-0.3, -0.25) is 4.79 Å². The van der Waals surface area contributed by atoms with Gasteiger partial charge in [-0.25, -0.2) is 9.97 Å². The number of nitrogens with zero attached hydrogens (tertiary/aromatic N) is 2. The summed E-state index contributed by atoms with van der Waals surface area (Å²) in [4.78, 5) is 21.8. The average Bonchev–Trinajstić information content (AvgIpc) is 3.22. The second kappa shape index (κ2) is 8.57. The van der Waals surface area contributed by atoms with E-state index in [1.54, 1.807) is 31.4 Å². The lowest BCUT2D eigenvalue weighted by Crippen LogP contribution is -2.16. The van der Waals surface area contributed by atoms with Crippen LogP contribution in [0.25, 0.3) is 11.4 Å². The maximum atomic E-state index is 12.9. The molecule has 0 radical (unpaired) electrons. The molecule has 0 spiro atoms. The van der Waals surface area contributed by atoms with Crippen LogP contribution < -0.4 is 20.1 Å². The standard InChI is InChI=1S/C21H20N4O4/c1-27-10-9-22-19-12-16(24-20(25-19)14-5-3-2-4-6-14)21(26)23-15-7-8-17-18(11-15)29-13-28-17/h2-8,11-12H,9-10,13H2,1H3,(H,23,26)(H,22,24,25). The van der Waals surface area contributed by atoms with Crippen LogP contribution >= 0.6 is 0 Å². The molecule has 0 bridgehead atoms. The van der Waals surface area contributed by atoms with Crippen molar-refractivity contribution in [2.24, 2.45) is 0 Å². The van der Waals surface area contributed by atoms with Gasteiger partial charge in [0.1, 0.15) is 11.5 Å². The van der Waals surface area contributed by atoms with Crippen molar-refractivity contribution in [1.82, 2.24) is 9.97 Å². The first-order valence-corrected chi connectivity index (χ1v) is 9.11. The first-order chi connectivity index (χ1) is 14.2. The van der Waals surface area contributed by atoms with Crippen molar-refractivity contribution in [3.8, 4) is 22.9 Å². The van der Waals surface area contributed by atoms with Crippen molar-refractivity contribution in [3.05, 3.63) is 60.3 Å². The van der Waals surface area contributed by atoms with E-state index in [0.717, 1.165) is 5.56 Å². The fourth-order valence-electron chi connectivity index (χ4n) is 2.82. The van der Waals surface area contributed by atoms with Gasteiger partial charge in [-0.1, -0.05) is 30.3 Å². The number of fused-ring (bicyclic) bond motifs is 1. The van der Waals surface area contributed by atoms with Crippen LogP contribution in [0, 0.1) is 0 Å². The van der Waals surface area contributed by atoms with Crippen LogP contribution in [0.3, 0.4) is 0 Å². The summed E-state index contributed by atoms with van der Waals surface area (Å²) in [5.74, 6) is 1.91. The summed E-state index contributed by atoms with van der Waals surface area (Å²) in [6.45, 7) is 1.25. The number of aromatic nitrogens is 2. The molecular formula is C21H20N4O4. The van der Waals surface area contributed by atoms with Crippen molar-refractivity contribution in [1.29, 1.82) is 0 Å². The molecule has 2 aromatic carbocycles. The highest BCUT2D eigenvalue weighted by molar-refractivity contribution is 6.03. The van der Waals surface area contributed by atoms with Gasteiger partial charge in [0.15, 0.2) is 17.3 Å². The predicted octanol–water partition coefficient (Wildman–Crippen LogP) is 3.18. The molecular weight excluding hydrogens is 372 g/mol. The number of amides is 1. The Bertz CT molecular complexity index is 1010. The Balaban J connectivity index is 1.60. The van der Waals surface area contributed by atoms with Gasteiger partial charge < -0.3 is 24.8 Å². The summed E-state index contributed by atoms with van der Waals surface area (Å²) in [5.41, 5.74) is 1.66. The third-order valence-corrected chi connectivity index (χ3v) is 4.23. The molecule has 1 aliphatic heterocycles. The Hall–Kier alpha value is -3.65. The zero-order valence-electron chi connectivity index (χ0n) is 15.8. The fourth-order valence-corrected chi connectivity index (χ4v) is 2.82. The summed E-state index contributed by atoms with van der Waals surface area (Å²) in [7, 11) is 1.63. The van der Waals surface area contributed by atoms with E-state index >= 15 is 0 Å². The second-order valence-electron chi connectivity index (χ2n) is 6.27. The first-order valence-electron chi connectivity index (χ1n) is 9.11. The van der Waals surface area contributed by atoms with Crippen molar-refractivity contribution in [2.45, 2.75) is 0 Å². The van der Waals surface area contributed by atoms with E-state index < -0.39 is 0 Å². The predicted molar refractivity (Wildman–Crippen MR) is 108 cm³/mol. The number of hydrogen-bond donors (Lipinski definition) is 2. The number of benzene rings is 2. The molecule has 1 aromatic heterocycles. The normalized spacial score (nSPS) is 11.9. The quantitative estimate of drug-likeness (QED) is 0.596. The van der Waals surface area contributed by atoms with E-state index in [2.05, 4.69) is 20.6 Å². The molecule has 1 aliphatic rings. The van der Waals surface area contributed by atoms with Gasteiger partial charge in [-0.05, 0) is 12.1 Å². The van der Waals surface area contributed by atoms with Gasteiger partial charge in [0.05, 0.1) is 6.61 Å². The third-order valence-electron chi connectivity index (χ3n) is 4.23. The van der Waals surface area contributed by atoms with Crippen molar-refractivity contribution in [3.63, 3.8) is 0 Å². The number of hydrogen-bond acceptors (Lipinski definition) is 7. The molecule has 0 saturated carbocycles. The largest absolute Gasteiger partial charge is 0.454 e. The number of nitrogens with one attached hydrogen (secondary N) is 2. The van der Waals surface area contributed by atoms with Crippen molar-refractivity contribution in [2.75, 3.05) is 37.7 Å². The van der Waals surface area contributed by atoms with Crippen LogP contribution in [0.2, 0.25) is 0 Å². The Morgan fingerprint density at radius 1 is 1.07 bits per heavy atom. The molecule has 29 heavy (non-hydrogen) atoms. The Kier molecular flexibility index (Phi) is 5.53. The minimum absolute atomic E-state index is 0.176. The Labute approximate surface area is 167 Å².